The maximum atomic E-state index is 12.3. The van der Waals surface area contributed by atoms with Crippen LogP contribution < -0.4 is 10.5 Å². The maximum Gasteiger partial charge on any atom is 0.250 e. The standard InChI is InChI=1S/C14H24N2O2S2/c1-10-3-5-12(6-4-10)9-16-20(17,18)14-7-11(2)13(8-15)19-14/h7,10,12,16H,3-6,8-9,15H2,1-2H3. The van der Waals surface area contributed by atoms with E-state index < -0.39 is 10.0 Å². The van der Waals surface area contributed by atoms with Gasteiger partial charge in [-0.1, -0.05) is 19.8 Å². The number of nitrogens with two attached hydrogens (primary N) is 1. The predicted octanol–water partition coefficient (Wildman–Crippen LogP) is 2.62. The quantitative estimate of drug-likeness (QED) is 0.877. The zero-order valence-corrected chi connectivity index (χ0v) is 13.8. The lowest BCUT2D eigenvalue weighted by Gasteiger charge is -2.26. The second-order valence-corrected chi connectivity index (χ2v) is 8.98. The summed E-state index contributed by atoms with van der Waals surface area (Å²) >= 11 is 1.28. The molecule has 114 valence electrons. The molecule has 0 saturated heterocycles. The van der Waals surface area contributed by atoms with Gasteiger partial charge in [-0.15, -0.1) is 11.3 Å². The van der Waals surface area contributed by atoms with E-state index in [9.17, 15) is 8.42 Å². The first-order valence-corrected chi connectivity index (χ1v) is 9.51. The summed E-state index contributed by atoms with van der Waals surface area (Å²) in [7, 11) is -3.37. The molecule has 0 amide bonds. The van der Waals surface area contributed by atoms with Gasteiger partial charge in [0.25, 0.3) is 0 Å². The van der Waals surface area contributed by atoms with Crippen LogP contribution in [-0.2, 0) is 16.6 Å². The van der Waals surface area contributed by atoms with E-state index in [4.69, 9.17) is 5.73 Å². The van der Waals surface area contributed by atoms with Crippen molar-refractivity contribution in [2.75, 3.05) is 6.54 Å². The molecule has 1 aromatic heterocycles. The first-order valence-electron chi connectivity index (χ1n) is 7.21. The molecular formula is C14H24N2O2S2. The van der Waals surface area contributed by atoms with Crippen LogP contribution in [0.3, 0.4) is 0 Å². The van der Waals surface area contributed by atoms with Crippen LogP contribution in [0, 0.1) is 18.8 Å². The summed E-state index contributed by atoms with van der Waals surface area (Å²) in [6.45, 7) is 5.12. The molecule has 0 unspecified atom stereocenters. The Morgan fingerprint density at radius 1 is 1.35 bits per heavy atom. The summed E-state index contributed by atoms with van der Waals surface area (Å²) < 4.78 is 27.7. The number of hydrogen-bond acceptors (Lipinski definition) is 4. The minimum absolute atomic E-state index is 0.389. The van der Waals surface area contributed by atoms with Crippen molar-refractivity contribution >= 4 is 21.4 Å². The van der Waals surface area contributed by atoms with Gasteiger partial charge < -0.3 is 5.73 Å². The zero-order chi connectivity index (χ0) is 14.8. The van der Waals surface area contributed by atoms with Gasteiger partial charge in [-0.25, -0.2) is 13.1 Å². The molecule has 1 aromatic rings. The Labute approximate surface area is 125 Å². The molecule has 0 bridgehead atoms. The molecule has 4 nitrogen and oxygen atoms in total. The van der Waals surface area contributed by atoms with Crippen molar-refractivity contribution in [1.29, 1.82) is 0 Å². The van der Waals surface area contributed by atoms with Crippen LogP contribution in [0.1, 0.15) is 43.0 Å². The summed E-state index contributed by atoms with van der Waals surface area (Å²) in [4.78, 5) is 0.942. The second kappa shape index (κ2) is 6.56. The van der Waals surface area contributed by atoms with E-state index in [0.717, 1.165) is 29.2 Å². The van der Waals surface area contributed by atoms with E-state index >= 15 is 0 Å². The van der Waals surface area contributed by atoms with E-state index in [1.54, 1.807) is 6.07 Å². The van der Waals surface area contributed by atoms with Crippen LogP contribution >= 0.6 is 11.3 Å². The molecule has 1 heterocycles. The Hall–Kier alpha value is -0.430. The molecule has 0 atom stereocenters. The second-order valence-electron chi connectivity index (χ2n) is 5.85. The van der Waals surface area contributed by atoms with Crippen LogP contribution in [0.25, 0.3) is 0 Å². The lowest BCUT2D eigenvalue weighted by atomic mass is 9.83. The fraction of sp³-hybridized carbons (Fsp3) is 0.714. The highest BCUT2D eigenvalue weighted by Crippen LogP contribution is 2.29. The lowest BCUT2D eigenvalue weighted by molar-refractivity contribution is 0.290. The third-order valence-electron chi connectivity index (χ3n) is 4.15. The van der Waals surface area contributed by atoms with Crippen molar-refractivity contribution in [3.05, 3.63) is 16.5 Å². The van der Waals surface area contributed by atoms with Crippen molar-refractivity contribution in [2.45, 2.75) is 50.3 Å². The van der Waals surface area contributed by atoms with Crippen LogP contribution in [0.5, 0.6) is 0 Å². The number of rotatable bonds is 5. The van der Waals surface area contributed by atoms with Crippen molar-refractivity contribution in [3.8, 4) is 0 Å². The average Bonchev–Trinajstić information content (AvgIpc) is 2.80. The number of hydrogen-bond donors (Lipinski definition) is 2. The summed E-state index contributed by atoms with van der Waals surface area (Å²) in [6, 6.07) is 1.72. The van der Waals surface area contributed by atoms with Crippen LogP contribution in [0.2, 0.25) is 0 Å². The van der Waals surface area contributed by atoms with E-state index in [1.165, 1.54) is 24.2 Å². The summed E-state index contributed by atoms with van der Waals surface area (Å²) in [5, 5.41) is 0. The van der Waals surface area contributed by atoms with Gasteiger partial charge in [-0.05, 0) is 43.2 Å². The van der Waals surface area contributed by atoms with Crippen LogP contribution in [0.4, 0.5) is 0 Å². The Balaban J connectivity index is 1.96. The number of thiophene rings is 1. The van der Waals surface area contributed by atoms with E-state index in [0.29, 0.717) is 23.2 Å². The van der Waals surface area contributed by atoms with Gasteiger partial charge >= 0.3 is 0 Å². The Morgan fingerprint density at radius 2 is 2.00 bits per heavy atom. The SMILES string of the molecule is Cc1cc(S(=O)(=O)NCC2CCC(C)CC2)sc1CN. The first kappa shape index (κ1) is 15.9. The number of nitrogens with one attached hydrogen (secondary N) is 1. The van der Waals surface area contributed by atoms with Gasteiger partial charge in [0.1, 0.15) is 4.21 Å². The predicted molar refractivity (Wildman–Crippen MR) is 83.3 cm³/mol. The first-order chi connectivity index (χ1) is 9.42. The smallest absolute Gasteiger partial charge is 0.250 e. The minimum atomic E-state index is -3.37. The van der Waals surface area contributed by atoms with Crippen LogP contribution in [-0.4, -0.2) is 15.0 Å². The molecule has 0 spiro atoms. The summed E-state index contributed by atoms with van der Waals surface area (Å²) in [5.74, 6) is 1.27. The normalized spacial score (nSPS) is 23.9. The van der Waals surface area contributed by atoms with E-state index in [-0.39, 0.29) is 0 Å². The van der Waals surface area contributed by atoms with E-state index in [1.807, 2.05) is 6.92 Å². The topological polar surface area (TPSA) is 72.2 Å². The van der Waals surface area contributed by atoms with Gasteiger partial charge in [-0.3, -0.25) is 0 Å². The molecule has 6 heteroatoms. The monoisotopic (exact) mass is 316 g/mol. The molecule has 0 aliphatic heterocycles. The molecule has 0 radical (unpaired) electrons. The van der Waals surface area contributed by atoms with Gasteiger partial charge in [0, 0.05) is 18.0 Å². The molecule has 0 aromatic carbocycles. The largest absolute Gasteiger partial charge is 0.326 e. The van der Waals surface area contributed by atoms with Crippen molar-refractivity contribution in [2.24, 2.45) is 17.6 Å². The minimum Gasteiger partial charge on any atom is -0.326 e. The van der Waals surface area contributed by atoms with Crippen molar-refractivity contribution < 1.29 is 8.42 Å². The van der Waals surface area contributed by atoms with Crippen LogP contribution in [0.15, 0.2) is 10.3 Å². The molecule has 1 aliphatic rings. The molecular weight excluding hydrogens is 292 g/mol. The third-order valence-corrected chi connectivity index (χ3v) is 7.30. The molecule has 1 fully saturated rings. The molecule has 1 aliphatic carbocycles. The van der Waals surface area contributed by atoms with Gasteiger partial charge in [-0.2, -0.15) is 0 Å². The highest BCUT2D eigenvalue weighted by molar-refractivity contribution is 7.91. The van der Waals surface area contributed by atoms with Gasteiger partial charge in [0.2, 0.25) is 10.0 Å². The molecule has 3 N–H and O–H groups in total. The zero-order valence-electron chi connectivity index (χ0n) is 12.2. The fourth-order valence-corrected chi connectivity index (χ4v) is 5.28. The fourth-order valence-electron chi connectivity index (χ4n) is 2.66. The summed E-state index contributed by atoms with van der Waals surface area (Å²) in [6.07, 6.45) is 4.67. The van der Waals surface area contributed by atoms with Crippen molar-refractivity contribution in [1.82, 2.24) is 4.72 Å². The third kappa shape index (κ3) is 3.81. The highest BCUT2D eigenvalue weighted by atomic mass is 32.2. The maximum absolute atomic E-state index is 12.3. The Kier molecular flexibility index (Phi) is 5.23. The lowest BCUT2D eigenvalue weighted by Crippen LogP contribution is -2.30. The molecule has 20 heavy (non-hydrogen) atoms. The highest BCUT2D eigenvalue weighted by Gasteiger charge is 2.22. The number of sulfonamides is 1. The molecule has 2 rings (SSSR count). The molecule has 1 saturated carbocycles. The van der Waals surface area contributed by atoms with Gasteiger partial charge in [0.15, 0.2) is 0 Å². The Bertz CT molecular complexity index is 544. The summed E-state index contributed by atoms with van der Waals surface area (Å²) in [5.41, 5.74) is 6.57. The van der Waals surface area contributed by atoms with Crippen molar-refractivity contribution in [3.63, 3.8) is 0 Å². The Morgan fingerprint density at radius 3 is 2.55 bits per heavy atom. The number of aryl methyl sites for hydroxylation is 1. The van der Waals surface area contributed by atoms with E-state index in [2.05, 4.69) is 11.6 Å². The van der Waals surface area contributed by atoms with Gasteiger partial charge in [0.05, 0.1) is 0 Å². The average molecular weight is 316 g/mol.